The van der Waals surface area contributed by atoms with Crippen LogP contribution < -0.4 is 10.1 Å². The number of aryl methyl sites for hydroxylation is 1. The van der Waals surface area contributed by atoms with Crippen LogP contribution in [0.1, 0.15) is 22.1 Å². The van der Waals surface area contributed by atoms with E-state index in [-0.39, 0.29) is 22.9 Å². The Labute approximate surface area is 158 Å². The Morgan fingerprint density at radius 2 is 2.04 bits per heavy atom. The summed E-state index contributed by atoms with van der Waals surface area (Å²) in [5, 5.41) is 17.3. The van der Waals surface area contributed by atoms with Crippen molar-refractivity contribution in [3.63, 3.8) is 0 Å². The molecule has 138 valence electrons. The Hall–Kier alpha value is -3.46. The SMILES string of the molecule is Cc1noc(COc2ccc(NC(=O)c3cc([N+](=O)[O-])ccc3Cl)cc2)n1. The quantitative estimate of drug-likeness (QED) is 0.504. The Kier molecular flexibility index (Phi) is 5.32. The van der Waals surface area contributed by atoms with E-state index in [4.69, 9.17) is 20.9 Å². The Balaban J connectivity index is 1.65. The zero-order valence-electron chi connectivity index (χ0n) is 14.0. The van der Waals surface area contributed by atoms with Gasteiger partial charge in [-0.05, 0) is 37.3 Å². The summed E-state index contributed by atoms with van der Waals surface area (Å²) in [7, 11) is 0. The molecule has 0 atom stereocenters. The number of carbonyl (C=O) groups excluding carboxylic acids is 1. The number of hydrogen-bond donors (Lipinski definition) is 1. The molecule has 0 bridgehead atoms. The van der Waals surface area contributed by atoms with E-state index in [9.17, 15) is 14.9 Å². The van der Waals surface area contributed by atoms with Crippen molar-refractivity contribution in [3.05, 3.63) is 74.9 Å². The van der Waals surface area contributed by atoms with Crippen LogP contribution in [0.4, 0.5) is 11.4 Å². The third-order valence-corrected chi connectivity index (χ3v) is 3.78. The predicted molar refractivity (Wildman–Crippen MR) is 95.9 cm³/mol. The minimum atomic E-state index is -0.593. The van der Waals surface area contributed by atoms with E-state index in [0.717, 1.165) is 6.07 Å². The fraction of sp³-hybridized carbons (Fsp3) is 0.118. The molecule has 1 N–H and O–H groups in total. The van der Waals surface area contributed by atoms with Crippen LogP contribution in [0, 0.1) is 17.0 Å². The number of nitrogens with one attached hydrogen (secondary N) is 1. The van der Waals surface area contributed by atoms with E-state index in [2.05, 4.69) is 15.5 Å². The van der Waals surface area contributed by atoms with Crippen molar-refractivity contribution in [2.24, 2.45) is 0 Å². The Bertz CT molecular complexity index is 987. The van der Waals surface area contributed by atoms with Crippen molar-refractivity contribution in [2.75, 3.05) is 5.32 Å². The van der Waals surface area contributed by atoms with Crippen molar-refractivity contribution >= 4 is 28.9 Å². The number of anilines is 1. The van der Waals surface area contributed by atoms with Crippen LogP contribution in [0.25, 0.3) is 0 Å². The molecule has 0 aliphatic carbocycles. The van der Waals surface area contributed by atoms with Crippen LogP contribution >= 0.6 is 11.6 Å². The number of rotatable bonds is 6. The lowest BCUT2D eigenvalue weighted by Crippen LogP contribution is -2.12. The molecule has 3 rings (SSSR count). The highest BCUT2D eigenvalue weighted by Gasteiger charge is 2.16. The Morgan fingerprint density at radius 3 is 2.67 bits per heavy atom. The monoisotopic (exact) mass is 388 g/mol. The van der Waals surface area contributed by atoms with Crippen LogP contribution in [0.15, 0.2) is 47.0 Å². The van der Waals surface area contributed by atoms with Crippen LogP contribution in [0.5, 0.6) is 5.75 Å². The number of amides is 1. The molecule has 0 aliphatic rings. The first-order valence-corrected chi connectivity index (χ1v) is 8.07. The van der Waals surface area contributed by atoms with Gasteiger partial charge in [-0.15, -0.1) is 0 Å². The van der Waals surface area contributed by atoms with Crippen LogP contribution in [-0.4, -0.2) is 21.0 Å². The lowest BCUT2D eigenvalue weighted by molar-refractivity contribution is -0.384. The zero-order valence-corrected chi connectivity index (χ0v) is 14.8. The fourth-order valence-electron chi connectivity index (χ4n) is 2.18. The highest BCUT2D eigenvalue weighted by molar-refractivity contribution is 6.34. The molecular weight excluding hydrogens is 376 g/mol. The Morgan fingerprint density at radius 1 is 1.30 bits per heavy atom. The van der Waals surface area contributed by atoms with Gasteiger partial charge in [0.1, 0.15) is 5.75 Å². The number of non-ortho nitro benzene ring substituents is 1. The molecule has 0 saturated heterocycles. The number of aromatic nitrogens is 2. The molecule has 3 aromatic rings. The summed E-state index contributed by atoms with van der Waals surface area (Å²) in [5.74, 6) is 0.854. The van der Waals surface area contributed by atoms with Gasteiger partial charge in [-0.1, -0.05) is 16.8 Å². The van der Waals surface area contributed by atoms with Crippen LogP contribution in [0.3, 0.4) is 0 Å². The number of nitro groups is 1. The zero-order chi connectivity index (χ0) is 19.4. The van der Waals surface area contributed by atoms with Gasteiger partial charge in [0.15, 0.2) is 12.4 Å². The number of halogens is 1. The van der Waals surface area contributed by atoms with Crippen molar-refractivity contribution in [3.8, 4) is 5.75 Å². The summed E-state index contributed by atoms with van der Waals surface area (Å²) in [4.78, 5) is 26.6. The molecule has 0 unspecified atom stereocenters. The first-order valence-electron chi connectivity index (χ1n) is 7.70. The second-order valence-electron chi connectivity index (χ2n) is 5.42. The highest BCUT2D eigenvalue weighted by atomic mass is 35.5. The largest absolute Gasteiger partial charge is 0.484 e. The third-order valence-electron chi connectivity index (χ3n) is 3.45. The average Bonchev–Trinajstić information content (AvgIpc) is 3.06. The maximum Gasteiger partial charge on any atom is 0.270 e. The minimum absolute atomic E-state index is 0.0120. The second-order valence-corrected chi connectivity index (χ2v) is 5.83. The van der Waals surface area contributed by atoms with E-state index in [0.29, 0.717) is 23.2 Å². The highest BCUT2D eigenvalue weighted by Crippen LogP contribution is 2.24. The average molecular weight is 389 g/mol. The summed E-state index contributed by atoms with van der Waals surface area (Å²) in [6.45, 7) is 1.83. The van der Waals surface area contributed by atoms with Gasteiger partial charge in [-0.25, -0.2) is 0 Å². The van der Waals surface area contributed by atoms with Gasteiger partial charge in [0.2, 0.25) is 0 Å². The predicted octanol–water partition coefficient (Wildman–Crippen LogP) is 3.77. The second kappa shape index (κ2) is 7.83. The normalized spacial score (nSPS) is 10.4. The van der Waals surface area contributed by atoms with Gasteiger partial charge in [0.05, 0.1) is 15.5 Å². The van der Waals surface area contributed by atoms with E-state index >= 15 is 0 Å². The molecule has 0 radical (unpaired) electrons. The maximum absolute atomic E-state index is 12.3. The number of carbonyl (C=O) groups is 1. The molecule has 10 heteroatoms. The summed E-state index contributed by atoms with van der Waals surface area (Å²) in [5.41, 5.74) is 0.270. The first kappa shape index (κ1) is 18.3. The third kappa shape index (κ3) is 4.59. The first-order chi connectivity index (χ1) is 12.9. The number of benzene rings is 2. The topological polar surface area (TPSA) is 120 Å². The standard InChI is InChI=1S/C17H13ClN4O5/c1-10-19-16(27-21-10)9-26-13-5-2-11(3-6-13)20-17(23)14-8-12(22(24)25)4-7-15(14)18/h2-8H,9H2,1H3,(H,20,23). The minimum Gasteiger partial charge on any atom is -0.484 e. The molecule has 27 heavy (non-hydrogen) atoms. The van der Waals surface area contributed by atoms with Crippen molar-refractivity contribution in [1.82, 2.24) is 10.1 Å². The summed E-state index contributed by atoms with van der Waals surface area (Å²) < 4.78 is 10.5. The lowest BCUT2D eigenvalue weighted by Gasteiger charge is -2.08. The van der Waals surface area contributed by atoms with E-state index in [1.807, 2.05) is 0 Å². The summed E-state index contributed by atoms with van der Waals surface area (Å²) in [6, 6.07) is 10.2. The molecule has 1 heterocycles. The van der Waals surface area contributed by atoms with Crippen molar-refractivity contribution in [2.45, 2.75) is 13.5 Å². The number of hydrogen-bond acceptors (Lipinski definition) is 7. The van der Waals surface area contributed by atoms with Crippen LogP contribution in [0.2, 0.25) is 5.02 Å². The van der Waals surface area contributed by atoms with E-state index in [1.165, 1.54) is 12.1 Å². The smallest absolute Gasteiger partial charge is 0.270 e. The molecule has 1 amide bonds. The van der Waals surface area contributed by atoms with Gasteiger partial charge in [-0.2, -0.15) is 4.98 Å². The lowest BCUT2D eigenvalue weighted by atomic mass is 10.2. The molecule has 0 spiro atoms. The summed E-state index contributed by atoms with van der Waals surface area (Å²) >= 11 is 5.97. The number of nitrogens with zero attached hydrogens (tertiary/aromatic N) is 3. The molecule has 2 aromatic carbocycles. The number of ether oxygens (including phenoxy) is 1. The van der Waals surface area contributed by atoms with Crippen molar-refractivity contribution < 1.29 is 19.0 Å². The molecule has 0 saturated carbocycles. The van der Waals surface area contributed by atoms with Gasteiger partial charge in [0.25, 0.3) is 17.5 Å². The fourth-order valence-corrected chi connectivity index (χ4v) is 2.38. The van der Waals surface area contributed by atoms with Gasteiger partial charge in [0, 0.05) is 17.8 Å². The molecule has 1 aromatic heterocycles. The molecule has 0 aliphatic heterocycles. The van der Waals surface area contributed by atoms with Crippen molar-refractivity contribution in [1.29, 1.82) is 0 Å². The van der Waals surface area contributed by atoms with Gasteiger partial charge < -0.3 is 14.6 Å². The van der Waals surface area contributed by atoms with Gasteiger partial charge in [-0.3, -0.25) is 14.9 Å². The molecular formula is C17H13ClN4O5. The van der Waals surface area contributed by atoms with E-state index < -0.39 is 10.8 Å². The number of nitro benzene ring substituents is 1. The maximum atomic E-state index is 12.3. The molecule has 9 nitrogen and oxygen atoms in total. The summed E-state index contributed by atoms with van der Waals surface area (Å²) in [6.07, 6.45) is 0. The van der Waals surface area contributed by atoms with Crippen LogP contribution in [-0.2, 0) is 6.61 Å². The van der Waals surface area contributed by atoms with Gasteiger partial charge >= 0.3 is 0 Å². The molecule has 0 fully saturated rings. The van der Waals surface area contributed by atoms with E-state index in [1.54, 1.807) is 31.2 Å².